The number of hydrogen-bond acceptors (Lipinski definition) is 3. The third kappa shape index (κ3) is 4.76. The predicted octanol–water partition coefficient (Wildman–Crippen LogP) is 3.35. The Morgan fingerprint density at radius 3 is 2.04 bits per heavy atom. The van der Waals surface area contributed by atoms with Crippen molar-refractivity contribution >= 4 is 5.78 Å². The molecule has 0 aliphatic carbocycles. The van der Waals surface area contributed by atoms with Crippen LogP contribution in [-0.4, -0.2) is 41.8 Å². The van der Waals surface area contributed by atoms with Gasteiger partial charge in [0.1, 0.15) is 5.78 Å². The third-order valence-corrected chi connectivity index (χ3v) is 4.70. The molecule has 0 radical (unpaired) electrons. The van der Waals surface area contributed by atoms with Crippen LogP contribution >= 0.6 is 0 Å². The van der Waals surface area contributed by atoms with Crippen molar-refractivity contribution in [3.8, 4) is 0 Å². The van der Waals surface area contributed by atoms with Gasteiger partial charge in [-0.05, 0) is 24.6 Å². The highest BCUT2D eigenvalue weighted by atomic mass is 16.1. The van der Waals surface area contributed by atoms with E-state index in [4.69, 9.17) is 0 Å². The zero-order valence-corrected chi connectivity index (χ0v) is 14.4. The quantitative estimate of drug-likeness (QED) is 0.843. The third-order valence-electron chi connectivity index (χ3n) is 4.70. The van der Waals surface area contributed by atoms with E-state index in [-0.39, 0.29) is 0 Å². The van der Waals surface area contributed by atoms with Crippen molar-refractivity contribution in [3.63, 3.8) is 0 Å². The number of hydrogen-bond donors (Lipinski definition) is 0. The first kappa shape index (κ1) is 16.9. The summed E-state index contributed by atoms with van der Waals surface area (Å²) in [7, 11) is 2.05. The van der Waals surface area contributed by atoms with Crippen molar-refractivity contribution in [1.82, 2.24) is 9.80 Å². The first-order valence-electron chi connectivity index (χ1n) is 8.73. The van der Waals surface area contributed by atoms with E-state index in [1.165, 1.54) is 11.1 Å². The average molecular weight is 322 g/mol. The van der Waals surface area contributed by atoms with Gasteiger partial charge in [-0.15, -0.1) is 0 Å². The van der Waals surface area contributed by atoms with Gasteiger partial charge in [0.25, 0.3) is 0 Å². The first-order chi connectivity index (χ1) is 11.7. The minimum absolute atomic E-state index is 0.361. The lowest BCUT2D eigenvalue weighted by Crippen LogP contribution is -2.41. The summed E-state index contributed by atoms with van der Waals surface area (Å²) >= 11 is 0. The molecule has 1 heterocycles. The monoisotopic (exact) mass is 322 g/mol. The van der Waals surface area contributed by atoms with Crippen molar-refractivity contribution in [1.29, 1.82) is 0 Å². The van der Waals surface area contributed by atoms with Crippen molar-refractivity contribution < 1.29 is 4.79 Å². The minimum Gasteiger partial charge on any atom is -0.298 e. The van der Waals surface area contributed by atoms with Crippen LogP contribution in [0.25, 0.3) is 0 Å². The predicted molar refractivity (Wildman–Crippen MR) is 97.7 cm³/mol. The van der Waals surface area contributed by atoms with Gasteiger partial charge in [0.05, 0.1) is 6.54 Å². The largest absolute Gasteiger partial charge is 0.298 e. The number of carbonyl (C=O) groups excluding carboxylic acids is 1. The molecule has 1 fully saturated rings. The number of ketones is 1. The molecule has 0 saturated carbocycles. The van der Waals surface area contributed by atoms with E-state index in [2.05, 4.69) is 77.5 Å². The summed E-state index contributed by atoms with van der Waals surface area (Å²) in [6.07, 6.45) is 1.64. The summed E-state index contributed by atoms with van der Waals surface area (Å²) in [5, 5.41) is 0. The van der Waals surface area contributed by atoms with E-state index in [9.17, 15) is 4.79 Å². The maximum atomic E-state index is 11.9. The van der Waals surface area contributed by atoms with Crippen LogP contribution in [-0.2, 0) is 17.9 Å². The lowest BCUT2D eigenvalue weighted by atomic mass is 10.1. The van der Waals surface area contributed by atoms with E-state index in [1.54, 1.807) is 0 Å². The molecule has 126 valence electrons. The summed E-state index contributed by atoms with van der Waals surface area (Å²) in [5.74, 6) is 0.361. The first-order valence-corrected chi connectivity index (χ1v) is 8.73. The Bertz CT molecular complexity index is 600. The summed E-state index contributed by atoms with van der Waals surface area (Å²) in [4.78, 5) is 16.6. The maximum absolute atomic E-state index is 11.9. The topological polar surface area (TPSA) is 23.6 Å². The standard InChI is InChI=1S/C21H26N2O/c1-22-16-20(12-13-21(24)17-22)23(14-18-8-4-2-5-9-18)15-19-10-6-3-7-11-19/h2-11,20H,12-17H2,1H3. The van der Waals surface area contributed by atoms with Gasteiger partial charge in [-0.25, -0.2) is 0 Å². The van der Waals surface area contributed by atoms with Crippen LogP contribution in [0.15, 0.2) is 60.7 Å². The van der Waals surface area contributed by atoms with Gasteiger partial charge in [-0.1, -0.05) is 60.7 Å². The molecule has 2 aromatic carbocycles. The fourth-order valence-electron chi connectivity index (χ4n) is 3.47. The minimum atomic E-state index is 0.361. The van der Waals surface area contributed by atoms with Crippen LogP contribution in [0.3, 0.4) is 0 Å². The second kappa shape index (κ2) is 8.22. The number of Topliss-reactive ketones (excluding diaryl/α,β-unsaturated/α-hetero) is 1. The lowest BCUT2D eigenvalue weighted by molar-refractivity contribution is -0.119. The molecule has 3 rings (SSSR count). The molecule has 3 heteroatoms. The zero-order chi connectivity index (χ0) is 16.8. The summed E-state index contributed by atoms with van der Waals surface area (Å²) in [6.45, 7) is 3.37. The van der Waals surface area contributed by atoms with E-state index < -0.39 is 0 Å². The molecule has 1 saturated heterocycles. The SMILES string of the molecule is CN1CC(=O)CCC(N(Cc2ccccc2)Cc2ccccc2)C1. The molecule has 1 unspecified atom stereocenters. The summed E-state index contributed by atoms with van der Waals surface area (Å²) in [6, 6.07) is 21.6. The van der Waals surface area contributed by atoms with Crippen molar-refractivity contribution in [2.24, 2.45) is 0 Å². The number of likely N-dealkylation sites (tertiary alicyclic amines) is 1. The van der Waals surface area contributed by atoms with E-state index in [0.29, 0.717) is 24.8 Å². The Morgan fingerprint density at radius 2 is 1.50 bits per heavy atom. The van der Waals surface area contributed by atoms with Crippen molar-refractivity contribution in [3.05, 3.63) is 71.8 Å². The molecule has 3 nitrogen and oxygen atoms in total. The van der Waals surface area contributed by atoms with Crippen LogP contribution in [0.5, 0.6) is 0 Å². The Morgan fingerprint density at radius 1 is 0.958 bits per heavy atom. The van der Waals surface area contributed by atoms with E-state index >= 15 is 0 Å². The van der Waals surface area contributed by atoms with Crippen LogP contribution in [0.1, 0.15) is 24.0 Å². The molecule has 0 bridgehead atoms. The fourth-order valence-corrected chi connectivity index (χ4v) is 3.47. The molecule has 0 N–H and O–H groups in total. The van der Waals surface area contributed by atoms with Gasteiger partial charge in [-0.3, -0.25) is 14.6 Å². The van der Waals surface area contributed by atoms with Gasteiger partial charge in [-0.2, -0.15) is 0 Å². The van der Waals surface area contributed by atoms with Gasteiger partial charge in [0.2, 0.25) is 0 Å². The van der Waals surface area contributed by atoms with Crippen LogP contribution in [0, 0.1) is 0 Å². The molecule has 0 spiro atoms. The second-order valence-electron chi connectivity index (χ2n) is 6.80. The number of carbonyl (C=O) groups is 1. The van der Waals surface area contributed by atoms with Crippen molar-refractivity contribution in [2.45, 2.75) is 32.0 Å². The highest BCUT2D eigenvalue weighted by Gasteiger charge is 2.25. The van der Waals surface area contributed by atoms with Crippen molar-refractivity contribution in [2.75, 3.05) is 20.1 Å². The molecule has 1 aliphatic heterocycles. The smallest absolute Gasteiger partial charge is 0.146 e. The fraction of sp³-hybridized carbons (Fsp3) is 0.381. The number of rotatable bonds is 5. The zero-order valence-electron chi connectivity index (χ0n) is 14.4. The number of benzene rings is 2. The average Bonchev–Trinajstić information content (AvgIpc) is 2.76. The van der Waals surface area contributed by atoms with Crippen LogP contribution < -0.4 is 0 Å². The van der Waals surface area contributed by atoms with E-state index in [0.717, 1.165) is 26.1 Å². The molecule has 2 aromatic rings. The summed E-state index contributed by atoms with van der Waals surface area (Å²) in [5.41, 5.74) is 2.65. The van der Waals surface area contributed by atoms with Gasteiger partial charge < -0.3 is 0 Å². The molecule has 0 amide bonds. The highest BCUT2D eigenvalue weighted by molar-refractivity contribution is 5.80. The number of likely N-dealkylation sites (N-methyl/N-ethyl adjacent to an activating group) is 1. The van der Waals surface area contributed by atoms with Gasteiger partial charge >= 0.3 is 0 Å². The molecule has 1 atom stereocenters. The molecular weight excluding hydrogens is 296 g/mol. The molecular formula is C21H26N2O. The number of nitrogens with zero attached hydrogens (tertiary/aromatic N) is 2. The Balaban J connectivity index is 1.79. The Hall–Kier alpha value is -1.97. The Labute approximate surface area is 144 Å². The van der Waals surface area contributed by atoms with Gasteiger partial charge in [0, 0.05) is 32.1 Å². The van der Waals surface area contributed by atoms with Crippen LogP contribution in [0.2, 0.25) is 0 Å². The Kier molecular flexibility index (Phi) is 5.78. The summed E-state index contributed by atoms with van der Waals surface area (Å²) < 4.78 is 0. The van der Waals surface area contributed by atoms with Crippen LogP contribution in [0.4, 0.5) is 0 Å². The normalized spacial score (nSPS) is 19.4. The molecule has 0 aromatic heterocycles. The molecule has 24 heavy (non-hydrogen) atoms. The molecule has 1 aliphatic rings. The van der Waals surface area contributed by atoms with E-state index in [1.807, 2.05) is 0 Å². The maximum Gasteiger partial charge on any atom is 0.146 e. The lowest BCUT2D eigenvalue weighted by Gasteiger charge is -2.33. The highest BCUT2D eigenvalue weighted by Crippen LogP contribution is 2.19. The van der Waals surface area contributed by atoms with Gasteiger partial charge in [0.15, 0.2) is 0 Å². The second-order valence-corrected chi connectivity index (χ2v) is 6.80.